The highest BCUT2D eigenvalue weighted by Gasteiger charge is 2.15. The molecule has 0 amide bonds. The van der Waals surface area contributed by atoms with E-state index in [4.69, 9.17) is 5.73 Å². The highest BCUT2D eigenvalue weighted by atomic mass is 14.9. The number of nitrogens with zero attached hydrogens (tertiary/aromatic N) is 2. The summed E-state index contributed by atoms with van der Waals surface area (Å²) in [6.45, 7) is 6.40. The van der Waals surface area contributed by atoms with Gasteiger partial charge in [-0.05, 0) is 18.2 Å². The van der Waals surface area contributed by atoms with E-state index in [1.54, 1.807) is 12.3 Å². The maximum absolute atomic E-state index is 5.84. The Hall–Kier alpha value is -1.64. The summed E-state index contributed by atoms with van der Waals surface area (Å²) in [5.41, 5.74) is 8.37. The van der Waals surface area contributed by atoms with Gasteiger partial charge in [0.2, 0.25) is 0 Å². The van der Waals surface area contributed by atoms with Gasteiger partial charge in [-0.3, -0.25) is 0 Å². The van der Waals surface area contributed by atoms with Crippen molar-refractivity contribution in [3.8, 4) is 0 Å². The Morgan fingerprint density at radius 3 is 2.53 bits per heavy atom. The third-order valence-electron chi connectivity index (χ3n) is 2.41. The van der Waals surface area contributed by atoms with E-state index in [1.807, 2.05) is 12.1 Å². The molecule has 0 radical (unpaired) electrons. The minimum Gasteiger partial charge on any atom is -0.398 e. The van der Waals surface area contributed by atoms with E-state index in [0.29, 0.717) is 0 Å². The van der Waals surface area contributed by atoms with Gasteiger partial charge in [-0.15, -0.1) is 0 Å². The van der Waals surface area contributed by atoms with Crippen LogP contribution in [0.3, 0.4) is 0 Å². The third kappa shape index (κ3) is 1.77. The molecule has 3 nitrogen and oxygen atoms in total. The zero-order valence-electron chi connectivity index (χ0n) is 9.28. The lowest BCUT2D eigenvalue weighted by Crippen LogP contribution is -2.13. The van der Waals surface area contributed by atoms with Crippen molar-refractivity contribution in [2.75, 3.05) is 5.73 Å². The fraction of sp³-hybridized carbons (Fsp3) is 0.333. The van der Waals surface area contributed by atoms with Gasteiger partial charge < -0.3 is 5.73 Å². The Bertz CT molecular complexity index is 498. The molecule has 0 aromatic carbocycles. The second-order valence-corrected chi connectivity index (χ2v) is 4.72. The van der Waals surface area contributed by atoms with Crippen molar-refractivity contribution in [1.29, 1.82) is 0 Å². The quantitative estimate of drug-likeness (QED) is 0.712. The molecular weight excluding hydrogens is 186 g/mol. The van der Waals surface area contributed by atoms with Crippen molar-refractivity contribution in [3.05, 3.63) is 30.1 Å². The van der Waals surface area contributed by atoms with Gasteiger partial charge in [0.05, 0.1) is 0 Å². The Kier molecular flexibility index (Phi) is 2.11. The molecule has 0 bridgehead atoms. The van der Waals surface area contributed by atoms with E-state index in [1.165, 1.54) is 0 Å². The van der Waals surface area contributed by atoms with Crippen LogP contribution in [-0.2, 0) is 5.41 Å². The van der Waals surface area contributed by atoms with E-state index >= 15 is 0 Å². The molecular formula is C12H15N3. The number of rotatable bonds is 0. The maximum Gasteiger partial charge on any atom is 0.161 e. The molecule has 2 aromatic heterocycles. The number of fused-ring (bicyclic) bond motifs is 1. The van der Waals surface area contributed by atoms with E-state index in [9.17, 15) is 0 Å². The predicted molar refractivity (Wildman–Crippen MR) is 62.7 cm³/mol. The average Bonchev–Trinajstić information content (AvgIpc) is 2.16. The molecule has 0 saturated carbocycles. The lowest BCUT2D eigenvalue weighted by molar-refractivity contribution is 0.571. The Morgan fingerprint density at radius 1 is 1.13 bits per heavy atom. The van der Waals surface area contributed by atoms with Gasteiger partial charge in [0.1, 0.15) is 0 Å². The Labute approximate surface area is 89.4 Å². The predicted octanol–water partition coefficient (Wildman–Crippen LogP) is 2.51. The van der Waals surface area contributed by atoms with Gasteiger partial charge in [-0.1, -0.05) is 20.8 Å². The molecule has 0 atom stereocenters. The molecule has 0 aliphatic heterocycles. The highest BCUT2D eigenvalue weighted by Crippen LogP contribution is 2.24. The number of hydrogen-bond acceptors (Lipinski definition) is 3. The van der Waals surface area contributed by atoms with E-state index in [0.717, 1.165) is 22.4 Å². The van der Waals surface area contributed by atoms with Crippen LogP contribution in [0.5, 0.6) is 0 Å². The number of anilines is 1. The van der Waals surface area contributed by atoms with Crippen LogP contribution >= 0.6 is 0 Å². The first kappa shape index (κ1) is 9.90. The van der Waals surface area contributed by atoms with Crippen molar-refractivity contribution in [3.63, 3.8) is 0 Å². The van der Waals surface area contributed by atoms with E-state index < -0.39 is 0 Å². The minimum absolute atomic E-state index is 0.0421. The fourth-order valence-electron chi connectivity index (χ4n) is 1.47. The molecule has 0 aliphatic rings. The average molecular weight is 201 g/mol. The lowest BCUT2D eigenvalue weighted by atomic mass is 9.91. The summed E-state index contributed by atoms with van der Waals surface area (Å²) < 4.78 is 0. The van der Waals surface area contributed by atoms with Gasteiger partial charge in [-0.25, -0.2) is 9.97 Å². The van der Waals surface area contributed by atoms with Crippen LogP contribution in [0.4, 0.5) is 5.69 Å². The van der Waals surface area contributed by atoms with Crippen LogP contribution in [0.25, 0.3) is 11.0 Å². The van der Waals surface area contributed by atoms with E-state index in [-0.39, 0.29) is 5.41 Å². The third-order valence-corrected chi connectivity index (χ3v) is 2.41. The molecule has 0 fully saturated rings. The van der Waals surface area contributed by atoms with Gasteiger partial charge >= 0.3 is 0 Å². The zero-order chi connectivity index (χ0) is 11.1. The zero-order valence-corrected chi connectivity index (χ0v) is 9.28. The lowest BCUT2D eigenvalue weighted by Gasteiger charge is -2.17. The van der Waals surface area contributed by atoms with Crippen LogP contribution in [0.2, 0.25) is 0 Å². The second kappa shape index (κ2) is 3.19. The number of hydrogen-bond donors (Lipinski definition) is 1. The number of nitrogen functional groups attached to an aromatic ring is 1. The number of nitrogens with two attached hydrogens (primary N) is 1. The van der Waals surface area contributed by atoms with Crippen molar-refractivity contribution < 1.29 is 0 Å². The summed E-state index contributed by atoms with van der Waals surface area (Å²) in [5, 5.41) is 0.922. The fourth-order valence-corrected chi connectivity index (χ4v) is 1.47. The van der Waals surface area contributed by atoms with Crippen molar-refractivity contribution in [2.24, 2.45) is 0 Å². The van der Waals surface area contributed by atoms with Gasteiger partial charge in [0, 0.05) is 28.4 Å². The van der Waals surface area contributed by atoms with Crippen LogP contribution in [-0.4, -0.2) is 9.97 Å². The van der Waals surface area contributed by atoms with E-state index in [2.05, 4.69) is 30.7 Å². The summed E-state index contributed by atoms with van der Waals surface area (Å²) in [7, 11) is 0. The molecule has 0 aliphatic carbocycles. The van der Waals surface area contributed by atoms with Crippen molar-refractivity contribution in [1.82, 2.24) is 9.97 Å². The Balaban J connectivity index is 2.68. The smallest absolute Gasteiger partial charge is 0.161 e. The van der Waals surface area contributed by atoms with Crippen molar-refractivity contribution >= 4 is 16.7 Å². The Morgan fingerprint density at radius 2 is 1.87 bits per heavy atom. The molecule has 2 N–H and O–H groups in total. The standard InChI is InChI=1S/C12H15N3/c1-12(2,3)10-5-4-8-9(13)6-7-14-11(8)15-10/h4-7H,1-3H3,(H2,13,14,15). The molecule has 2 aromatic rings. The first-order chi connectivity index (χ1) is 6.98. The maximum atomic E-state index is 5.84. The molecule has 0 unspecified atom stereocenters. The van der Waals surface area contributed by atoms with Crippen LogP contribution < -0.4 is 5.73 Å². The summed E-state index contributed by atoms with van der Waals surface area (Å²) in [5.74, 6) is 0. The summed E-state index contributed by atoms with van der Waals surface area (Å²) in [6, 6.07) is 5.80. The van der Waals surface area contributed by atoms with Crippen LogP contribution in [0.15, 0.2) is 24.4 Å². The first-order valence-electron chi connectivity index (χ1n) is 5.00. The molecule has 0 spiro atoms. The summed E-state index contributed by atoms with van der Waals surface area (Å²) in [6.07, 6.45) is 1.69. The summed E-state index contributed by atoms with van der Waals surface area (Å²) in [4.78, 5) is 8.74. The number of aromatic nitrogens is 2. The molecule has 15 heavy (non-hydrogen) atoms. The summed E-state index contributed by atoms with van der Waals surface area (Å²) >= 11 is 0. The van der Waals surface area contributed by atoms with Crippen LogP contribution in [0.1, 0.15) is 26.5 Å². The normalized spacial score (nSPS) is 11.9. The number of pyridine rings is 2. The molecule has 2 heterocycles. The van der Waals surface area contributed by atoms with Gasteiger partial charge in [-0.2, -0.15) is 0 Å². The largest absolute Gasteiger partial charge is 0.398 e. The van der Waals surface area contributed by atoms with Gasteiger partial charge in [0.15, 0.2) is 5.65 Å². The minimum atomic E-state index is 0.0421. The molecule has 0 saturated heterocycles. The first-order valence-corrected chi connectivity index (χ1v) is 5.00. The highest BCUT2D eigenvalue weighted by molar-refractivity contribution is 5.87. The topological polar surface area (TPSA) is 51.8 Å². The van der Waals surface area contributed by atoms with Gasteiger partial charge in [0.25, 0.3) is 0 Å². The van der Waals surface area contributed by atoms with Crippen molar-refractivity contribution in [2.45, 2.75) is 26.2 Å². The molecule has 3 heteroatoms. The molecule has 78 valence electrons. The second-order valence-electron chi connectivity index (χ2n) is 4.72. The monoisotopic (exact) mass is 201 g/mol. The molecule has 2 rings (SSSR count). The van der Waals surface area contributed by atoms with Crippen LogP contribution in [0, 0.1) is 0 Å². The SMILES string of the molecule is CC(C)(C)c1ccc2c(N)ccnc2n1.